The summed E-state index contributed by atoms with van der Waals surface area (Å²) >= 11 is 0. The van der Waals surface area contributed by atoms with Gasteiger partial charge in [-0.1, -0.05) is 18.2 Å². The summed E-state index contributed by atoms with van der Waals surface area (Å²) in [7, 11) is 0. The normalized spacial score (nSPS) is 10.3. The second-order valence-corrected chi connectivity index (χ2v) is 4.37. The van der Waals surface area contributed by atoms with Gasteiger partial charge in [0.25, 0.3) is 0 Å². The molecule has 0 radical (unpaired) electrons. The Balaban J connectivity index is 1.96. The van der Waals surface area contributed by atoms with Gasteiger partial charge >= 0.3 is 0 Å². The SMILES string of the molecule is Nc1ccccc1CCC(=O)Nc1cc(F)ccc1F. The van der Waals surface area contributed by atoms with E-state index in [1.807, 2.05) is 12.1 Å². The van der Waals surface area contributed by atoms with Crippen molar-refractivity contribution in [3.05, 3.63) is 59.7 Å². The Morgan fingerprint density at radius 3 is 2.65 bits per heavy atom. The average molecular weight is 276 g/mol. The zero-order valence-corrected chi connectivity index (χ0v) is 10.7. The monoisotopic (exact) mass is 276 g/mol. The molecule has 0 atom stereocenters. The minimum Gasteiger partial charge on any atom is -0.399 e. The molecule has 0 fully saturated rings. The summed E-state index contributed by atoms with van der Waals surface area (Å²) in [6, 6.07) is 10.1. The Hall–Kier alpha value is -2.43. The van der Waals surface area contributed by atoms with E-state index < -0.39 is 17.5 Å². The van der Waals surface area contributed by atoms with Crippen LogP contribution in [-0.2, 0) is 11.2 Å². The van der Waals surface area contributed by atoms with Crippen molar-refractivity contribution in [1.82, 2.24) is 0 Å². The van der Waals surface area contributed by atoms with Crippen LogP contribution < -0.4 is 11.1 Å². The number of nitrogens with one attached hydrogen (secondary N) is 1. The fraction of sp³-hybridized carbons (Fsp3) is 0.133. The lowest BCUT2D eigenvalue weighted by Crippen LogP contribution is -2.14. The highest BCUT2D eigenvalue weighted by Gasteiger charge is 2.09. The molecule has 2 aromatic carbocycles. The molecule has 1 amide bonds. The van der Waals surface area contributed by atoms with E-state index in [2.05, 4.69) is 5.32 Å². The number of carbonyl (C=O) groups excluding carboxylic acids is 1. The molecular formula is C15H14F2N2O. The molecule has 0 saturated heterocycles. The number of carbonyl (C=O) groups is 1. The molecule has 0 aliphatic carbocycles. The van der Waals surface area contributed by atoms with E-state index in [-0.39, 0.29) is 12.1 Å². The minimum atomic E-state index is -0.668. The van der Waals surface area contributed by atoms with Gasteiger partial charge in [0.05, 0.1) is 5.69 Å². The summed E-state index contributed by atoms with van der Waals surface area (Å²) in [6.45, 7) is 0. The molecule has 0 aliphatic rings. The molecule has 5 heteroatoms. The molecule has 2 aromatic rings. The molecule has 0 unspecified atom stereocenters. The number of aryl methyl sites for hydroxylation is 1. The number of nitrogen functional groups attached to an aromatic ring is 1. The first-order valence-electron chi connectivity index (χ1n) is 6.14. The number of rotatable bonds is 4. The van der Waals surface area contributed by atoms with Crippen molar-refractivity contribution in [3.63, 3.8) is 0 Å². The van der Waals surface area contributed by atoms with E-state index in [0.29, 0.717) is 12.1 Å². The molecule has 2 rings (SSSR count). The number of amides is 1. The predicted octanol–water partition coefficient (Wildman–Crippen LogP) is 3.12. The molecule has 0 aromatic heterocycles. The standard InChI is InChI=1S/C15H14F2N2O/c16-11-6-7-12(17)14(9-11)19-15(20)8-5-10-3-1-2-4-13(10)18/h1-4,6-7,9H,5,8,18H2,(H,19,20). The highest BCUT2D eigenvalue weighted by Crippen LogP contribution is 2.17. The van der Waals surface area contributed by atoms with Crippen LogP contribution in [0.3, 0.4) is 0 Å². The van der Waals surface area contributed by atoms with Crippen molar-refractivity contribution in [2.24, 2.45) is 0 Å². The van der Waals surface area contributed by atoms with Crippen LogP contribution in [0.1, 0.15) is 12.0 Å². The van der Waals surface area contributed by atoms with Crippen LogP contribution in [0.2, 0.25) is 0 Å². The van der Waals surface area contributed by atoms with Gasteiger partial charge in [0, 0.05) is 18.2 Å². The van der Waals surface area contributed by atoms with Crippen LogP contribution in [0.4, 0.5) is 20.2 Å². The Bertz CT molecular complexity index is 629. The Kier molecular flexibility index (Phi) is 4.30. The van der Waals surface area contributed by atoms with E-state index in [0.717, 1.165) is 23.8 Å². The van der Waals surface area contributed by atoms with Gasteiger partial charge in [0.15, 0.2) is 0 Å². The van der Waals surface area contributed by atoms with E-state index in [1.165, 1.54) is 0 Å². The number of halogens is 2. The number of anilines is 2. The Labute approximate surface area is 115 Å². The third kappa shape index (κ3) is 3.54. The number of benzene rings is 2. The topological polar surface area (TPSA) is 55.1 Å². The summed E-state index contributed by atoms with van der Waals surface area (Å²) in [5.74, 6) is -1.66. The largest absolute Gasteiger partial charge is 0.399 e. The van der Waals surface area contributed by atoms with E-state index in [4.69, 9.17) is 5.73 Å². The summed E-state index contributed by atoms with van der Waals surface area (Å²) in [6.07, 6.45) is 0.583. The third-order valence-corrected chi connectivity index (χ3v) is 2.88. The van der Waals surface area contributed by atoms with Gasteiger partial charge in [0.1, 0.15) is 11.6 Å². The molecule has 3 N–H and O–H groups in total. The van der Waals surface area contributed by atoms with Crippen molar-refractivity contribution in [2.45, 2.75) is 12.8 Å². The van der Waals surface area contributed by atoms with E-state index >= 15 is 0 Å². The van der Waals surface area contributed by atoms with Gasteiger partial charge in [-0.25, -0.2) is 8.78 Å². The lowest BCUT2D eigenvalue weighted by molar-refractivity contribution is -0.116. The highest BCUT2D eigenvalue weighted by atomic mass is 19.1. The summed E-state index contributed by atoms with van der Waals surface area (Å²) in [5, 5.41) is 2.35. The molecule has 0 saturated carbocycles. The molecular weight excluding hydrogens is 262 g/mol. The molecule has 20 heavy (non-hydrogen) atoms. The quantitative estimate of drug-likeness (QED) is 0.843. The molecule has 0 aliphatic heterocycles. The number of para-hydroxylation sites is 1. The summed E-state index contributed by atoms with van der Waals surface area (Å²) < 4.78 is 26.3. The Morgan fingerprint density at radius 2 is 1.90 bits per heavy atom. The molecule has 104 valence electrons. The zero-order chi connectivity index (χ0) is 14.5. The fourth-order valence-corrected chi connectivity index (χ4v) is 1.82. The third-order valence-electron chi connectivity index (χ3n) is 2.88. The minimum absolute atomic E-state index is 0.143. The van der Waals surface area contributed by atoms with Gasteiger partial charge in [-0.05, 0) is 30.2 Å². The van der Waals surface area contributed by atoms with Gasteiger partial charge in [0.2, 0.25) is 5.91 Å². The van der Waals surface area contributed by atoms with Gasteiger partial charge < -0.3 is 11.1 Å². The van der Waals surface area contributed by atoms with E-state index in [9.17, 15) is 13.6 Å². The van der Waals surface area contributed by atoms with Crippen LogP contribution >= 0.6 is 0 Å². The van der Waals surface area contributed by atoms with Crippen LogP contribution in [0.15, 0.2) is 42.5 Å². The highest BCUT2D eigenvalue weighted by molar-refractivity contribution is 5.91. The molecule has 0 heterocycles. The Morgan fingerprint density at radius 1 is 1.15 bits per heavy atom. The lowest BCUT2D eigenvalue weighted by Gasteiger charge is -2.07. The predicted molar refractivity (Wildman–Crippen MR) is 74.2 cm³/mol. The summed E-state index contributed by atoms with van der Waals surface area (Å²) in [4.78, 5) is 11.7. The van der Waals surface area contributed by atoms with Crippen LogP contribution in [-0.4, -0.2) is 5.91 Å². The number of nitrogens with two attached hydrogens (primary N) is 1. The second kappa shape index (κ2) is 6.14. The van der Waals surface area contributed by atoms with Gasteiger partial charge in [-0.3, -0.25) is 4.79 Å². The zero-order valence-electron chi connectivity index (χ0n) is 10.7. The van der Waals surface area contributed by atoms with Crippen molar-refractivity contribution in [3.8, 4) is 0 Å². The first-order chi connectivity index (χ1) is 9.56. The van der Waals surface area contributed by atoms with Gasteiger partial charge in [-0.15, -0.1) is 0 Å². The lowest BCUT2D eigenvalue weighted by atomic mass is 10.1. The summed E-state index contributed by atoms with van der Waals surface area (Å²) in [5.41, 5.74) is 7.06. The molecule has 0 bridgehead atoms. The maximum atomic E-state index is 13.4. The first kappa shape index (κ1) is 14.0. The average Bonchev–Trinajstić information content (AvgIpc) is 2.42. The smallest absolute Gasteiger partial charge is 0.224 e. The molecule has 3 nitrogen and oxygen atoms in total. The molecule has 0 spiro atoms. The van der Waals surface area contributed by atoms with Crippen molar-refractivity contribution in [2.75, 3.05) is 11.1 Å². The van der Waals surface area contributed by atoms with E-state index in [1.54, 1.807) is 12.1 Å². The fourth-order valence-electron chi connectivity index (χ4n) is 1.82. The first-order valence-corrected chi connectivity index (χ1v) is 6.14. The van der Waals surface area contributed by atoms with Crippen LogP contribution in [0.25, 0.3) is 0 Å². The van der Waals surface area contributed by atoms with Crippen molar-refractivity contribution >= 4 is 17.3 Å². The number of hydrogen-bond donors (Lipinski definition) is 2. The van der Waals surface area contributed by atoms with Crippen molar-refractivity contribution in [1.29, 1.82) is 0 Å². The van der Waals surface area contributed by atoms with Crippen LogP contribution in [0, 0.1) is 11.6 Å². The number of hydrogen-bond acceptors (Lipinski definition) is 2. The maximum absolute atomic E-state index is 13.4. The van der Waals surface area contributed by atoms with Crippen LogP contribution in [0.5, 0.6) is 0 Å². The van der Waals surface area contributed by atoms with Gasteiger partial charge in [-0.2, -0.15) is 0 Å². The second-order valence-electron chi connectivity index (χ2n) is 4.37. The van der Waals surface area contributed by atoms with Crippen molar-refractivity contribution < 1.29 is 13.6 Å². The maximum Gasteiger partial charge on any atom is 0.224 e.